The molecule has 0 aromatic rings. The minimum absolute atomic E-state index is 0.259. The molecule has 2 fully saturated rings. The third kappa shape index (κ3) is 14.1. The number of alkyl carbamates (subject to hydrolysis) is 1. The van der Waals surface area contributed by atoms with Gasteiger partial charge in [-0.15, -0.1) is 0 Å². The molecule has 0 spiro atoms. The smallest absolute Gasteiger partial charge is 0.408 e. The second-order valence-corrected chi connectivity index (χ2v) is 9.82. The van der Waals surface area contributed by atoms with Crippen molar-refractivity contribution in [1.29, 1.82) is 0 Å². The van der Waals surface area contributed by atoms with Crippen LogP contribution in [0.5, 0.6) is 0 Å². The number of rotatable bonds is 9. The van der Waals surface area contributed by atoms with Gasteiger partial charge in [0.1, 0.15) is 11.6 Å². The molecule has 2 aliphatic carbocycles. The van der Waals surface area contributed by atoms with E-state index >= 15 is 0 Å². The molecule has 0 bridgehead atoms. The van der Waals surface area contributed by atoms with E-state index in [2.05, 4.69) is 20.7 Å². The second-order valence-electron chi connectivity index (χ2n) is 9.82. The van der Waals surface area contributed by atoms with Crippen molar-refractivity contribution in [2.45, 2.75) is 128 Å². The lowest BCUT2D eigenvalue weighted by atomic mass is 9.91. The van der Waals surface area contributed by atoms with Crippen LogP contribution in [0.2, 0.25) is 0 Å². The van der Waals surface area contributed by atoms with Crippen LogP contribution < -0.4 is 10.6 Å². The van der Waals surface area contributed by atoms with E-state index in [0.717, 1.165) is 12.1 Å². The van der Waals surface area contributed by atoms with Crippen LogP contribution in [0.3, 0.4) is 0 Å². The van der Waals surface area contributed by atoms with Crippen LogP contribution in [0, 0.1) is 0 Å². The Morgan fingerprint density at radius 2 is 1.56 bits per heavy atom. The first-order chi connectivity index (χ1) is 15.2. The molecule has 2 rings (SSSR count). The number of hydrogen-bond donors (Lipinski definition) is 3. The summed E-state index contributed by atoms with van der Waals surface area (Å²) in [6, 6.07) is 0.745. The Labute approximate surface area is 192 Å². The summed E-state index contributed by atoms with van der Waals surface area (Å²) in [5.74, 6) is -1.12. The fraction of sp³-hybridized carbons (Fsp3) is 0.913. The van der Waals surface area contributed by atoms with Crippen molar-refractivity contribution in [1.82, 2.24) is 10.6 Å². The van der Waals surface area contributed by atoms with E-state index in [1.54, 1.807) is 20.8 Å². The number of nitrogens with one attached hydrogen (secondary N) is 2. The molecule has 3 N–H and O–H groups in total. The maximum atomic E-state index is 11.4. The number of ether oxygens (including phenoxy) is 1. The molecule has 0 radical (unpaired) electrons. The molecule has 2 aliphatic rings. The third-order valence-corrected chi connectivity index (χ3v) is 5.73. The lowest BCUT2D eigenvalue weighted by molar-refractivity contribution is -0.139. The SMILES string of the molecule is C1CCC(NC2CCCCC2)CC1.CC(C)(C)OC(=O)N[C@@H](CCCCN=[N+]=[N-])C(=O)O. The Kier molecular flexibility index (Phi) is 13.8. The third-order valence-electron chi connectivity index (χ3n) is 5.73. The first-order valence-corrected chi connectivity index (χ1v) is 12.2. The summed E-state index contributed by atoms with van der Waals surface area (Å²) in [6.07, 6.45) is 15.2. The van der Waals surface area contributed by atoms with E-state index in [1.165, 1.54) is 64.2 Å². The Bertz CT molecular complexity index is 574. The maximum Gasteiger partial charge on any atom is 0.408 e. The fourth-order valence-electron chi connectivity index (χ4n) is 4.15. The summed E-state index contributed by atoms with van der Waals surface area (Å²) in [5, 5.41) is 18.5. The van der Waals surface area contributed by atoms with E-state index in [1.807, 2.05) is 0 Å². The van der Waals surface area contributed by atoms with E-state index in [9.17, 15) is 9.59 Å². The molecule has 184 valence electrons. The maximum absolute atomic E-state index is 11.4. The molecule has 32 heavy (non-hydrogen) atoms. The van der Waals surface area contributed by atoms with Crippen molar-refractivity contribution in [2.75, 3.05) is 6.54 Å². The largest absolute Gasteiger partial charge is 0.480 e. The molecule has 9 heteroatoms. The average molecular weight is 454 g/mol. The van der Waals surface area contributed by atoms with Gasteiger partial charge in [0.2, 0.25) is 0 Å². The Morgan fingerprint density at radius 3 is 2.00 bits per heavy atom. The fourth-order valence-corrected chi connectivity index (χ4v) is 4.15. The van der Waals surface area contributed by atoms with Crippen LogP contribution in [0.15, 0.2) is 5.11 Å². The minimum atomic E-state index is -1.12. The molecular formula is C23H43N5O4. The molecule has 0 aromatic carbocycles. The van der Waals surface area contributed by atoms with Crippen molar-refractivity contribution >= 4 is 12.1 Å². The number of unbranched alkanes of at least 4 members (excludes halogenated alkanes) is 1. The second kappa shape index (κ2) is 15.8. The monoisotopic (exact) mass is 453 g/mol. The minimum Gasteiger partial charge on any atom is -0.480 e. The lowest BCUT2D eigenvalue weighted by Crippen LogP contribution is -2.43. The van der Waals surface area contributed by atoms with E-state index in [-0.39, 0.29) is 6.42 Å². The molecular weight excluding hydrogens is 410 g/mol. The van der Waals surface area contributed by atoms with Gasteiger partial charge >= 0.3 is 12.1 Å². The first-order valence-electron chi connectivity index (χ1n) is 12.2. The van der Waals surface area contributed by atoms with E-state index in [0.29, 0.717) is 19.4 Å². The highest BCUT2D eigenvalue weighted by molar-refractivity contribution is 5.79. The van der Waals surface area contributed by atoms with Gasteiger partial charge in [0.15, 0.2) is 0 Å². The van der Waals surface area contributed by atoms with Crippen LogP contribution >= 0.6 is 0 Å². The number of amides is 1. The van der Waals surface area contributed by atoms with Gasteiger partial charge in [-0.25, -0.2) is 9.59 Å². The van der Waals surface area contributed by atoms with Crippen molar-refractivity contribution in [3.8, 4) is 0 Å². The topological polar surface area (TPSA) is 136 Å². The van der Waals surface area contributed by atoms with Gasteiger partial charge in [-0.2, -0.15) is 0 Å². The number of aliphatic carboxylic acids is 1. The predicted molar refractivity (Wildman–Crippen MR) is 126 cm³/mol. The highest BCUT2D eigenvalue weighted by atomic mass is 16.6. The summed E-state index contributed by atoms with van der Waals surface area (Å²) < 4.78 is 4.98. The molecule has 0 saturated heterocycles. The molecule has 0 aromatic heterocycles. The van der Waals surface area contributed by atoms with Crippen molar-refractivity contribution in [3.63, 3.8) is 0 Å². The van der Waals surface area contributed by atoms with Gasteiger partial charge < -0.3 is 20.5 Å². The van der Waals surface area contributed by atoms with Crippen LogP contribution in [0.25, 0.3) is 10.4 Å². The number of carbonyl (C=O) groups excluding carboxylic acids is 1. The van der Waals surface area contributed by atoms with Gasteiger partial charge in [-0.05, 0) is 64.8 Å². The Hall–Kier alpha value is -1.99. The average Bonchev–Trinajstić information content (AvgIpc) is 2.73. The number of carboxylic acids is 1. The van der Waals surface area contributed by atoms with E-state index < -0.39 is 23.7 Å². The Morgan fingerprint density at radius 1 is 1.03 bits per heavy atom. The molecule has 9 nitrogen and oxygen atoms in total. The highest BCUT2D eigenvalue weighted by Crippen LogP contribution is 2.22. The van der Waals surface area contributed by atoms with Crippen LogP contribution in [-0.4, -0.2) is 47.4 Å². The highest BCUT2D eigenvalue weighted by Gasteiger charge is 2.23. The summed E-state index contributed by atoms with van der Waals surface area (Å²) in [6.45, 7) is 5.40. The molecule has 0 aliphatic heterocycles. The summed E-state index contributed by atoms with van der Waals surface area (Å²) in [7, 11) is 0. The zero-order valence-corrected chi connectivity index (χ0v) is 20.1. The van der Waals surface area contributed by atoms with Gasteiger partial charge in [0.25, 0.3) is 0 Å². The van der Waals surface area contributed by atoms with Crippen molar-refractivity contribution < 1.29 is 19.4 Å². The lowest BCUT2D eigenvalue weighted by Gasteiger charge is -2.30. The van der Waals surface area contributed by atoms with Crippen LogP contribution in [0.1, 0.15) is 104 Å². The molecule has 0 heterocycles. The number of carboxylic acid groups (broad SMARTS) is 1. The van der Waals surface area contributed by atoms with Gasteiger partial charge in [0.05, 0.1) is 0 Å². The summed E-state index contributed by atoms with van der Waals surface area (Å²) in [4.78, 5) is 25.0. The predicted octanol–water partition coefficient (Wildman–Crippen LogP) is 5.69. The van der Waals surface area contributed by atoms with E-state index in [4.69, 9.17) is 15.4 Å². The summed E-state index contributed by atoms with van der Waals surface area (Å²) in [5.41, 5.74) is 7.41. The quantitative estimate of drug-likeness (QED) is 0.178. The number of hydrogen-bond acceptors (Lipinski definition) is 5. The van der Waals surface area contributed by atoms with Crippen LogP contribution in [-0.2, 0) is 9.53 Å². The first kappa shape index (κ1) is 28.0. The molecule has 2 saturated carbocycles. The van der Waals surface area contributed by atoms with Gasteiger partial charge in [0, 0.05) is 23.5 Å². The number of nitrogens with zero attached hydrogens (tertiary/aromatic N) is 3. The van der Waals surface area contributed by atoms with Crippen molar-refractivity contribution in [2.24, 2.45) is 5.11 Å². The Balaban J connectivity index is 0.000000339. The van der Waals surface area contributed by atoms with Gasteiger partial charge in [-0.3, -0.25) is 0 Å². The van der Waals surface area contributed by atoms with Crippen LogP contribution in [0.4, 0.5) is 4.79 Å². The molecule has 0 unspecified atom stereocenters. The summed E-state index contributed by atoms with van der Waals surface area (Å²) >= 11 is 0. The normalized spacial score (nSPS) is 18.5. The molecule has 1 amide bonds. The zero-order valence-electron chi connectivity index (χ0n) is 20.1. The standard InChI is InChI=1S/C12H23N.C11H20N4O4/c1-3-7-11(8-4-1)13-12-9-5-2-6-10-12;1-11(2,3)19-10(18)14-8(9(16)17)6-4-5-7-13-15-12/h11-13H,1-10H2;8H,4-7H2,1-3H3,(H,14,18)(H,16,17)/t;8-/m.0/s1. The molecule has 1 atom stereocenters. The van der Waals surface area contributed by atoms with Crippen molar-refractivity contribution in [3.05, 3.63) is 10.4 Å². The zero-order chi connectivity index (χ0) is 23.8. The van der Waals surface area contributed by atoms with Gasteiger partial charge in [-0.1, -0.05) is 50.1 Å². The number of carbonyl (C=O) groups is 2. The number of azide groups is 1.